The van der Waals surface area contributed by atoms with Gasteiger partial charge in [-0.3, -0.25) is 4.72 Å². The summed E-state index contributed by atoms with van der Waals surface area (Å²) in [6.07, 6.45) is 11.4. The third kappa shape index (κ3) is 6.45. The van der Waals surface area contributed by atoms with Gasteiger partial charge in [0.15, 0.2) is 0 Å². The molecule has 0 radical (unpaired) electrons. The van der Waals surface area contributed by atoms with Gasteiger partial charge >= 0.3 is 0 Å². The highest BCUT2D eigenvalue weighted by atomic mass is 32.2. The molecule has 2 fully saturated rings. The van der Waals surface area contributed by atoms with E-state index in [4.69, 9.17) is 4.74 Å². The number of nitrogens with zero attached hydrogens (tertiary/aromatic N) is 1. The maximum absolute atomic E-state index is 12.3. The molecule has 1 aromatic carbocycles. The largest absolute Gasteiger partial charge is 0.384 e. The number of fused-ring (bicyclic) bond motifs is 2. The molecule has 3 unspecified atom stereocenters. The molecule has 2 bridgehead atoms. The fraction of sp³-hybridized carbons (Fsp3) is 0.760. The average molecular weight is 451 g/mol. The summed E-state index contributed by atoms with van der Waals surface area (Å²) in [5, 5.41) is 0. The van der Waals surface area contributed by atoms with E-state index < -0.39 is 10.0 Å². The molecule has 1 N–H and O–H groups in total. The van der Waals surface area contributed by atoms with Crippen molar-refractivity contribution in [3.63, 3.8) is 0 Å². The highest BCUT2D eigenvalue weighted by Gasteiger charge is 2.43. The van der Waals surface area contributed by atoms with Crippen LogP contribution in [0.3, 0.4) is 0 Å². The molecule has 0 aromatic heterocycles. The lowest BCUT2D eigenvalue weighted by Crippen LogP contribution is -2.52. The molecule has 6 heteroatoms. The number of ether oxygens (including phenoxy) is 1. The van der Waals surface area contributed by atoms with Crippen molar-refractivity contribution < 1.29 is 13.2 Å². The number of anilines is 1. The van der Waals surface area contributed by atoms with Crippen LogP contribution in [-0.2, 0) is 20.2 Å². The number of hydrogen-bond donors (Lipinski definition) is 1. The topological polar surface area (TPSA) is 58.6 Å². The number of rotatable bonds is 12. The van der Waals surface area contributed by atoms with Gasteiger partial charge in [-0.2, -0.15) is 0 Å². The number of piperidine rings is 1. The van der Waals surface area contributed by atoms with E-state index in [0.717, 1.165) is 12.5 Å². The van der Waals surface area contributed by atoms with Crippen LogP contribution in [0.15, 0.2) is 24.3 Å². The maximum Gasteiger partial charge on any atom is 0.234 e. The highest BCUT2D eigenvalue weighted by molar-refractivity contribution is 7.92. The second-order valence-corrected chi connectivity index (χ2v) is 11.5. The molecule has 5 nitrogen and oxygen atoms in total. The zero-order chi connectivity index (χ0) is 22.3. The van der Waals surface area contributed by atoms with E-state index >= 15 is 0 Å². The average Bonchev–Trinajstić information content (AvgIpc) is 2.77. The molecule has 1 aliphatic heterocycles. The molecule has 0 amide bonds. The van der Waals surface area contributed by atoms with Gasteiger partial charge in [-0.15, -0.1) is 0 Å². The predicted octanol–water partition coefficient (Wildman–Crippen LogP) is 5.18. The maximum atomic E-state index is 12.3. The summed E-state index contributed by atoms with van der Waals surface area (Å²) >= 11 is 0. The summed E-state index contributed by atoms with van der Waals surface area (Å²) in [6, 6.07) is 8.82. The first-order valence-corrected chi connectivity index (χ1v) is 13.9. The fourth-order valence-corrected chi connectivity index (χ4v) is 6.62. The Morgan fingerprint density at radius 2 is 2.13 bits per heavy atom. The van der Waals surface area contributed by atoms with Gasteiger partial charge in [-0.25, -0.2) is 8.42 Å². The molecule has 0 spiro atoms. The number of hydrogen-bond acceptors (Lipinski definition) is 4. The highest BCUT2D eigenvalue weighted by Crippen LogP contribution is 2.47. The van der Waals surface area contributed by atoms with Crippen LogP contribution in [0.1, 0.15) is 77.2 Å². The van der Waals surface area contributed by atoms with E-state index in [1.165, 1.54) is 77.0 Å². The molecular weight excluding hydrogens is 408 g/mol. The van der Waals surface area contributed by atoms with E-state index in [9.17, 15) is 8.42 Å². The van der Waals surface area contributed by atoms with Crippen LogP contribution >= 0.6 is 0 Å². The van der Waals surface area contributed by atoms with Gasteiger partial charge in [0.2, 0.25) is 10.0 Å². The minimum atomic E-state index is -3.38. The van der Waals surface area contributed by atoms with E-state index in [1.807, 2.05) is 12.1 Å². The molecule has 2 aliphatic rings. The Morgan fingerprint density at radius 3 is 2.87 bits per heavy atom. The standard InChI is InChI=1S/C25H42N2O3S/c1-4-6-9-21(5-2)20-27-15-14-25(13-8-12-24(27)19-25)22-10-7-11-23(18-22)26-31(28,29)17-16-30-3/h7,10-11,18,21,24,26H,4-6,8-9,12-17,19-20H2,1-3H3. The lowest BCUT2D eigenvalue weighted by Gasteiger charge is -2.51. The molecule has 1 aliphatic carbocycles. The summed E-state index contributed by atoms with van der Waals surface area (Å²) in [4.78, 5) is 2.78. The normalized spacial score (nSPS) is 25.3. The SMILES string of the molecule is CCCCC(CC)CN1CCC2(c3cccc(NS(=O)(=O)CCOC)c3)CCCC1C2. The fourth-order valence-electron chi connectivity index (χ4n) is 5.64. The summed E-state index contributed by atoms with van der Waals surface area (Å²) < 4.78 is 32.3. The molecule has 1 saturated carbocycles. The minimum Gasteiger partial charge on any atom is -0.384 e. The zero-order valence-electron chi connectivity index (χ0n) is 19.7. The number of methoxy groups -OCH3 is 1. The molecule has 176 valence electrons. The van der Waals surface area contributed by atoms with Crippen molar-refractivity contribution in [2.75, 3.05) is 37.3 Å². The second-order valence-electron chi connectivity index (χ2n) is 9.69. The number of likely N-dealkylation sites (tertiary alicyclic amines) is 1. The van der Waals surface area contributed by atoms with Gasteiger partial charge in [0.25, 0.3) is 0 Å². The summed E-state index contributed by atoms with van der Waals surface area (Å²) in [5.41, 5.74) is 2.18. The summed E-state index contributed by atoms with van der Waals surface area (Å²) in [5.74, 6) is 0.797. The van der Waals surface area contributed by atoms with E-state index in [0.29, 0.717) is 11.7 Å². The number of nitrogens with one attached hydrogen (secondary N) is 1. The van der Waals surface area contributed by atoms with Gasteiger partial charge in [0.1, 0.15) is 0 Å². The summed E-state index contributed by atoms with van der Waals surface area (Å²) in [7, 11) is -1.86. The van der Waals surface area contributed by atoms with Crippen molar-refractivity contribution in [1.29, 1.82) is 0 Å². The Balaban J connectivity index is 1.70. The van der Waals surface area contributed by atoms with Gasteiger partial charge < -0.3 is 9.64 Å². The monoisotopic (exact) mass is 450 g/mol. The van der Waals surface area contributed by atoms with E-state index in [1.54, 1.807) is 0 Å². The van der Waals surface area contributed by atoms with Crippen LogP contribution in [0.4, 0.5) is 5.69 Å². The van der Waals surface area contributed by atoms with Crippen molar-refractivity contribution in [2.45, 2.75) is 83.1 Å². The molecule has 1 heterocycles. The van der Waals surface area contributed by atoms with Gasteiger partial charge in [0, 0.05) is 25.4 Å². The first-order valence-electron chi connectivity index (χ1n) is 12.3. The second kappa shape index (κ2) is 11.2. The van der Waals surface area contributed by atoms with Crippen molar-refractivity contribution in [3.05, 3.63) is 29.8 Å². The third-order valence-electron chi connectivity index (χ3n) is 7.55. The molecular formula is C25H42N2O3S. The van der Waals surface area contributed by atoms with Crippen LogP contribution < -0.4 is 4.72 Å². The van der Waals surface area contributed by atoms with Crippen molar-refractivity contribution in [1.82, 2.24) is 4.90 Å². The van der Waals surface area contributed by atoms with Gasteiger partial charge in [-0.1, -0.05) is 51.7 Å². The number of benzene rings is 1. The van der Waals surface area contributed by atoms with Crippen LogP contribution in [0.25, 0.3) is 0 Å². The van der Waals surface area contributed by atoms with Crippen LogP contribution in [0.5, 0.6) is 0 Å². The first kappa shape index (κ1) is 24.5. The third-order valence-corrected chi connectivity index (χ3v) is 8.80. The Morgan fingerprint density at radius 1 is 1.29 bits per heavy atom. The number of unbranched alkanes of at least 4 members (excludes halogenated alkanes) is 1. The lowest BCUT2D eigenvalue weighted by molar-refractivity contribution is 0.0384. The predicted molar refractivity (Wildman–Crippen MR) is 129 cm³/mol. The Hall–Kier alpha value is -1.11. The van der Waals surface area contributed by atoms with Crippen LogP contribution in [0, 0.1) is 5.92 Å². The minimum absolute atomic E-state index is 0.0213. The molecule has 3 rings (SSSR count). The van der Waals surface area contributed by atoms with Crippen molar-refractivity contribution >= 4 is 15.7 Å². The lowest BCUT2D eigenvalue weighted by atomic mass is 9.63. The molecule has 1 aromatic rings. The Labute approximate surface area is 190 Å². The van der Waals surface area contributed by atoms with Gasteiger partial charge in [0.05, 0.1) is 12.4 Å². The quantitative estimate of drug-likeness (QED) is 0.477. The molecule has 3 atom stereocenters. The zero-order valence-corrected chi connectivity index (χ0v) is 20.6. The molecule has 31 heavy (non-hydrogen) atoms. The Kier molecular flexibility index (Phi) is 8.82. The van der Waals surface area contributed by atoms with Crippen LogP contribution in [-0.4, -0.2) is 51.9 Å². The van der Waals surface area contributed by atoms with Crippen LogP contribution in [0.2, 0.25) is 0 Å². The van der Waals surface area contributed by atoms with Crippen molar-refractivity contribution in [2.24, 2.45) is 5.92 Å². The smallest absolute Gasteiger partial charge is 0.234 e. The van der Waals surface area contributed by atoms with E-state index in [-0.39, 0.29) is 17.8 Å². The van der Waals surface area contributed by atoms with Crippen molar-refractivity contribution in [3.8, 4) is 0 Å². The Bertz CT molecular complexity index is 798. The number of sulfonamides is 1. The van der Waals surface area contributed by atoms with Gasteiger partial charge in [-0.05, 0) is 67.7 Å². The molecule has 1 saturated heterocycles. The summed E-state index contributed by atoms with van der Waals surface area (Å²) in [6.45, 7) is 7.24. The van der Waals surface area contributed by atoms with E-state index in [2.05, 4.69) is 35.6 Å². The first-order chi connectivity index (χ1) is 14.9.